The average molecular weight is 257 g/mol. The van der Waals surface area contributed by atoms with E-state index in [1.54, 1.807) is 0 Å². The smallest absolute Gasteiger partial charge is 0.200 e. The van der Waals surface area contributed by atoms with Gasteiger partial charge in [0.2, 0.25) is 5.82 Å². The van der Waals surface area contributed by atoms with Crippen molar-refractivity contribution >= 4 is 0 Å². The highest BCUT2D eigenvalue weighted by Crippen LogP contribution is 2.24. The number of hydrogen-bond donors (Lipinski definition) is 1. The van der Waals surface area contributed by atoms with E-state index < -0.39 is 11.6 Å². The molecule has 0 unspecified atom stereocenters. The molecule has 0 aromatic heterocycles. The van der Waals surface area contributed by atoms with Gasteiger partial charge < -0.3 is 10.1 Å². The highest BCUT2D eigenvalue weighted by molar-refractivity contribution is 5.30. The lowest BCUT2D eigenvalue weighted by Gasteiger charge is -2.19. The van der Waals surface area contributed by atoms with Crippen molar-refractivity contribution < 1.29 is 13.5 Å². The van der Waals surface area contributed by atoms with Crippen molar-refractivity contribution in [1.82, 2.24) is 5.32 Å². The fourth-order valence-corrected chi connectivity index (χ4v) is 1.79. The van der Waals surface area contributed by atoms with E-state index in [2.05, 4.69) is 5.32 Å². The first-order valence-corrected chi connectivity index (χ1v) is 6.36. The summed E-state index contributed by atoms with van der Waals surface area (Å²) in [6.45, 7) is 4.37. The van der Waals surface area contributed by atoms with E-state index in [0.29, 0.717) is 5.56 Å². The van der Waals surface area contributed by atoms with Crippen LogP contribution in [-0.2, 0) is 0 Å². The highest BCUT2D eigenvalue weighted by atomic mass is 19.2. The van der Waals surface area contributed by atoms with Gasteiger partial charge in [0.15, 0.2) is 11.6 Å². The molecule has 0 fully saturated rings. The number of hydrogen-bond acceptors (Lipinski definition) is 2. The van der Waals surface area contributed by atoms with Gasteiger partial charge in [-0.15, -0.1) is 0 Å². The monoisotopic (exact) mass is 257 g/mol. The van der Waals surface area contributed by atoms with E-state index in [9.17, 15) is 8.78 Å². The number of ether oxygens (including phenoxy) is 1. The van der Waals surface area contributed by atoms with Gasteiger partial charge in [-0.25, -0.2) is 4.39 Å². The van der Waals surface area contributed by atoms with E-state index >= 15 is 0 Å². The van der Waals surface area contributed by atoms with Gasteiger partial charge >= 0.3 is 0 Å². The van der Waals surface area contributed by atoms with Crippen LogP contribution in [0.1, 0.15) is 31.7 Å². The first-order valence-electron chi connectivity index (χ1n) is 6.36. The second kappa shape index (κ2) is 7.31. The Morgan fingerprint density at radius 2 is 1.94 bits per heavy atom. The maximum atomic E-state index is 13.7. The first-order chi connectivity index (χ1) is 8.60. The lowest BCUT2D eigenvalue weighted by atomic mass is 10.1. The molecule has 1 rings (SSSR count). The molecule has 0 aliphatic heterocycles. The molecule has 1 aromatic carbocycles. The van der Waals surface area contributed by atoms with Crippen LogP contribution in [0.25, 0.3) is 0 Å². The molecule has 1 aromatic rings. The zero-order chi connectivity index (χ0) is 13.5. The zero-order valence-corrected chi connectivity index (χ0v) is 11.2. The molecule has 0 saturated carbocycles. The molecule has 0 heterocycles. The Kier molecular flexibility index (Phi) is 6.05. The molecule has 0 amide bonds. The molecule has 0 aliphatic rings. The van der Waals surface area contributed by atoms with Gasteiger partial charge in [-0.1, -0.05) is 19.4 Å². The van der Waals surface area contributed by atoms with E-state index in [0.717, 1.165) is 25.8 Å². The Hall–Kier alpha value is -1.16. The topological polar surface area (TPSA) is 21.3 Å². The average Bonchev–Trinajstić information content (AvgIpc) is 2.36. The fraction of sp³-hybridized carbons (Fsp3) is 0.571. The maximum absolute atomic E-state index is 13.7. The molecule has 0 saturated heterocycles. The highest BCUT2D eigenvalue weighted by Gasteiger charge is 2.16. The summed E-state index contributed by atoms with van der Waals surface area (Å²) in [5.74, 6) is -1.70. The standard InChI is InChI=1S/C14H21F2NO/c1-4-5-11(8-9-17-3)18-12-7-6-10(2)13(15)14(12)16/h6-7,11,17H,4-5,8-9H2,1-3H3/t11-/m0/s1. The van der Waals surface area contributed by atoms with Crippen molar-refractivity contribution in [3.8, 4) is 5.75 Å². The predicted molar refractivity (Wildman–Crippen MR) is 69.0 cm³/mol. The SMILES string of the molecule is CCC[C@@H](CCNC)Oc1ccc(C)c(F)c1F. The largest absolute Gasteiger partial charge is 0.487 e. The Morgan fingerprint density at radius 3 is 2.56 bits per heavy atom. The molecule has 0 bridgehead atoms. The van der Waals surface area contributed by atoms with Crippen molar-refractivity contribution in [2.75, 3.05) is 13.6 Å². The fourth-order valence-electron chi connectivity index (χ4n) is 1.79. The van der Waals surface area contributed by atoms with Gasteiger partial charge in [-0.05, 0) is 45.0 Å². The summed E-state index contributed by atoms with van der Waals surface area (Å²) in [4.78, 5) is 0. The molecule has 0 radical (unpaired) electrons. The van der Waals surface area contributed by atoms with Gasteiger partial charge in [0.25, 0.3) is 0 Å². The molecular weight excluding hydrogens is 236 g/mol. The van der Waals surface area contributed by atoms with Crippen molar-refractivity contribution in [2.45, 2.75) is 39.2 Å². The lowest BCUT2D eigenvalue weighted by molar-refractivity contribution is 0.170. The summed E-state index contributed by atoms with van der Waals surface area (Å²) in [6.07, 6.45) is 2.47. The molecule has 18 heavy (non-hydrogen) atoms. The first kappa shape index (κ1) is 14.9. The molecule has 1 N–H and O–H groups in total. The molecule has 4 heteroatoms. The number of benzene rings is 1. The molecule has 2 nitrogen and oxygen atoms in total. The Balaban J connectivity index is 2.77. The van der Waals surface area contributed by atoms with Crippen molar-refractivity contribution in [3.63, 3.8) is 0 Å². The summed E-state index contributed by atoms with van der Waals surface area (Å²) in [5.41, 5.74) is 0.294. The van der Waals surface area contributed by atoms with Crippen LogP contribution in [0.4, 0.5) is 8.78 Å². The van der Waals surface area contributed by atoms with E-state index in [4.69, 9.17) is 4.74 Å². The van der Waals surface area contributed by atoms with Crippen LogP contribution in [-0.4, -0.2) is 19.7 Å². The third kappa shape index (κ3) is 3.95. The predicted octanol–water partition coefficient (Wildman–Crippen LogP) is 3.43. The Labute approximate surface area is 107 Å². The number of aryl methyl sites for hydroxylation is 1. The number of rotatable bonds is 7. The van der Waals surface area contributed by atoms with Gasteiger partial charge in [0.05, 0.1) is 0 Å². The van der Waals surface area contributed by atoms with E-state index in [1.807, 2.05) is 14.0 Å². The molecule has 102 valence electrons. The van der Waals surface area contributed by atoms with Crippen LogP contribution >= 0.6 is 0 Å². The minimum atomic E-state index is -0.888. The molecule has 0 spiro atoms. The van der Waals surface area contributed by atoms with Crippen LogP contribution in [0.5, 0.6) is 5.75 Å². The molecule has 0 aliphatic carbocycles. The minimum absolute atomic E-state index is 0.00709. The van der Waals surface area contributed by atoms with Crippen molar-refractivity contribution in [1.29, 1.82) is 0 Å². The van der Waals surface area contributed by atoms with Crippen molar-refractivity contribution in [3.05, 3.63) is 29.3 Å². The summed E-state index contributed by atoms with van der Waals surface area (Å²) in [6, 6.07) is 3.03. The summed E-state index contributed by atoms with van der Waals surface area (Å²) >= 11 is 0. The van der Waals surface area contributed by atoms with Crippen LogP contribution in [0.3, 0.4) is 0 Å². The second-order valence-corrected chi connectivity index (χ2v) is 4.43. The maximum Gasteiger partial charge on any atom is 0.200 e. The minimum Gasteiger partial charge on any atom is -0.487 e. The molecular formula is C14H21F2NO. The third-order valence-electron chi connectivity index (χ3n) is 2.86. The van der Waals surface area contributed by atoms with Gasteiger partial charge in [-0.2, -0.15) is 4.39 Å². The van der Waals surface area contributed by atoms with Crippen LogP contribution in [0.2, 0.25) is 0 Å². The van der Waals surface area contributed by atoms with Crippen LogP contribution in [0, 0.1) is 18.6 Å². The zero-order valence-electron chi connectivity index (χ0n) is 11.2. The lowest BCUT2D eigenvalue weighted by Crippen LogP contribution is -2.23. The van der Waals surface area contributed by atoms with E-state index in [-0.39, 0.29) is 11.9 Å². The molecule has 1 atom stereocenters. The van der Waals surface area contributed by atoms with Gasteiger partial charge in [0.1, 0.15) is 6.10 Å². The van der Waals surface area contributed by atoms with Crippen molar-refractivity contribution in [2.24, 2.45) is 0 Å². The third-order valence-corrected chi connectivity index (χ3v) is 2.86. The van der Waals surface area contributed by atoms with Crippen LogP contribution in [0.15, 0.2) is 12.1 Å². The second-order valence-electron chi connectivity index (χ2n) is 4.43. The van der Waals surface area contributed by atoms with Crippen LogP contribution < -0.4 is 10.1 Å². The summed E-state index contributed by atoms with van der Waals surface area (Å²) < 4.78 is 32.7. The van der Waals surface area contributed by atoms with Gasteiger partial charge in [-0.3, -0.25) is 0 Å². The summed E-state index contributed by atoms with van der Waals surface area (Å²) in [5, 5.41) is 3.03. The normalized spacial score (nSPS) is 12.5. The Morgan fingerprint density at radius 1 is 1.22 bits per heavy atom. The number of halogens is 2. The van der Waals surface area contributed by atoms with Gasteiger partial charge in [0, 0.05) is 0 Å². The quantitative estimate of drug-likeness (QED) is 0.808. The Bertz CT molecular complexity index is 382. The summed E-state index contributed by atoms with van der Waals surface area (Å²) in [7, 11) is 1.86. The van der Waals surface area contributed by atoms with E-state index in [1.165, 1.54) is 19.1 Å². The number of nitrogens with one attached hydrogen (secondary N) is 1.